The van der Waals surface area contributed by atoms with E-state index in [1.807, 2.05) is 13.0 Å². The highest BCUT2D eigenvalue weighted by atomic mass is 35.5. The Morgan fingerprint density at radius 1 is 1.00 bits per heavy atom. The highest BCUT2D eigenvalue weighted by Gasteiger charge is 2.48. The molecular weight excluding hydrogens is 456 g/mol. The van der Waals surface area contributed by atoms with Gasteiger partial charge in [-0.1, -0.05) is 41.4 Å². The molecule has 3 aliphatic rings. The van der Waals surface area contributed by atoms with E-state index in [4.69, 9.17) is 16.3 Å². The molecule has 8 heteroatoms. The minimum Gasteiger partial charge on any atom is -0.426 e. The smallest absolute Gasteiger partial charge is 0.316 e. The van der Waals surface area contributed by atoms with Crippen LogP contribution in [0.5, 0.6) is 5.75 Å². The van der Waals surface area contributed by atoms with E-state index in [0.717, 1.165) is 5.57 Å². The summed E-state index contributed by atoms with van der Waals surface area (Å²) >= 11 is 6.21. The summed E-state index contributed by atoms with van der Waals surface area (Å²) in [6, 6.07) is 13.4. The number of ether oxygens (including phenoxy) is 1. The second-order valence-electron chi connectivity index (χ2n) is 8.99. The predicted molar refractivity (Wildman–Crippen MR) is 126 cm³/mol. The minimum atomic E-state index is -0.653. The van der Waals surface area contributed by atoms with E-state index in [0.29, 0.717) is 29.2 Å². The number of rotatable bonds is 4. The molecular formula is C26H23ClN2O5. The molecule has 1 aliphatic carbocycles. The van der Waals surface area contributed by atoms with E-state index in [1.165, 1.54) is 15.9 Å². The molecule has 2 aromatic carbocycles. The normalized spacial score (nSPS) is 24.4. The zero-order valence-electron chi connectivity index (χ0n) is 18.6. The predicted octanol–water partition coefficient (Wildman–Crippen LogP) is 4.14. The molecule has 2 heterocycles. The van der Waals surface area contributed by atoms with Gasteiger partial charge in [-0.2, -0.15) is 0 Å². The maximum absolute atomic E-state index is 13.0. The number of para-hydroxylation sites is 1. The van der Waals surface area contributed by atoms with E-state index in [-0.39, 0.29) is 48.3 Å². The van der Waals surface area contributed by atoms with Crippen LogP contribution in [-0.2, 0) is 19.2 Å². The van der Waals surface area contributed by atoms with Crippen molar-refractivity contribution in [2.75, 3.05) is 16.3 Å². The largest absolute Gasteiger partial charge is 0.426 e. The molecule has 7 nitrogen and oxygen atoms in total. The van der Waals surface area contributed by atoms with Crippen molar-refractivity contribution in [3.05, 3.63) is 65.2 Å². The van der Waals surface area contributed by atoms with Crippen LogP contribution < -0.4 is 14.5 Å². The summed E-state index contributed by atoms with van der Waals surface area (Å²) in [4.78, 5) is 54.0. The van der Waals surface area contributed by atoms with E-state index in [2.05, 4.69) is 0 Å². The monoisotopic (exact) mass is 478 g/mol. The maximum atomic E-state index is 13.0. The first-order valence-corrected chi connectivity index (χ1v) is 11.6. The number of amides is 3. The van der Waals surface area contributed by atoms with Crippen LogP contribution in [0.25, 0.3) is 0 Å². The van der Waals surface area contributed by atoms with E-state index >= 15 is 0 Å². The first-order chi connectivity index (χ1) is 16.3. The molecule has 5 rings (SSSR count). The number of nitrogens with zero attached hydrogens (tertiary/aromatic N) is 2. The number of carbonyl (C=O) groups is 4. The Morgan fingerprint density at radius 2 is 1.76 bits per heavy atom. The maximum Gasteiger partial charge on any atom is 0.316 e. The SMILES string of the molecule is CC1=CC[C@@H]2C(=O)N(c3cccc(OC(=O)[C@H]4CC(=O)N(c5ccccc5Cl)C4)c3)C(=O)[C@@H]2C1. The first-order valence-electron chi connectivity index (χ1n) is 11.2. The van der Waals surface area contributed by atoms with Crippen LogP contribution in [0.1, 0.15) is 26.2 Å². The lowest BCUT2D eigenvalue weighted by Gasteiger charge is -2.19. The molecule has 0 radical (unpaired) electrons. The van der Waals surface area contributed by atoms with Crippen molar-refractivity contribution in [3.63, 3.8) is 0 Å². The van der Waals surface area contributed by atoms with Crippen molar-refractivity contribution in [2.24, 2.45) is 17.8 Å². The lowest BCUT2D eigenvalue weighted by Crippen LogP contribution is -2.31. The third-order valence-corrected chi connectivity index (χ3v) is 7.04. The van der Waals surface area contributed by atoms with Gasteiger partial charge in [0.25, 0.3) is 0 Å². The Labute approximate surface area is 201 Å². The van der Waals surface area contributed by atoms with Gasteiger partial charge in [0.05, 0.1) is 34.2 Å². The molecule has 0 bridgehead atoms. The molecule has 0 aromatic heterocycles. The number of carbonyl (C=O) groups excluding carboxylic acids is 4. The van der Waals surface area contributed by atoms with Gasteiger partial charge in [0.15, 0.2) is 0 Å². The zero-order chi connectivity index (χ0) is 24.0. The summed E-state index contributed by atoms with van der Waals surface area (Å²) in [6.07, 6.45) is 3.17. The Bertz CT molecular complexity index is 1240. The topological polar surface area (TPSA) is 84.0 Å². The summed E-state index contributed by atoms with van der Waals surface area (Å²) in [6.45, 7) is 2.14. The average Bonchev–Trinajstić information content (AvgIpc) is 3.31. The Kier molecular flexibility index (Phi) is 5.73. The average molecular weight is 479 g/mol. The van der Waals surface area contributed by atoms with Crippen molar-refractivity contribution in [3.8, 4) is 5.75 Å². The number of hydrogen-bond acceptors (Lipinski definition) is 5. The lowest BCUT2D eigenvalue weighted by molar-refractivity contribution is -0.139. The molecule has 0 N–H and O–H groups in total. The summed E-state index contributed by atoms with van der Waals surface area (Å²) in [5, 5.41) is 0.434. The summed E-state index contributed by atoms with van der Waals surface area (Å²) in [7, 11) is 0. The quantitative estimate of drug-likeness (QED) is 0.285. The highest BCUT2D eigenvalue weighted by Crippen LogP contribution is 2.40. The fourth-order valence-electron chi connectivity index (χ4n) is 4.95. The van der Waals surface area contributed by atoms with Gasteiger partial charge in [-0.25, -0.2) is 4.90 Å². The Hall–Kier alpha value is -3.45. The van der Waals surface area contributed by atoms with E-state index in [9.17, 15) is 19.2 Å². The van der Waals surface area contributed by atoms with Gasteiger partial charge >= 0.3 is 5.97 Å². The second-order valence-corrected chi connectivity index (χ2v) is 9.40. The standard InChI is InChI=1S/C26H23ClN2O5/c1-15-9-10-19-20(11-15)25(32)29(24(19)31)17-5-4-6-18(13-17)34-26(33)16-12-23(30)28(14-16)22-8-3-2-7-21(22)27/h2-9,13,16,19-20H,10-12,14H2,1H3/t16-,19-,20+/m0/s1. The van der Waals surface area contributed by atoms with Crippen LogP contribution in [-0.4, -0.2) is 30.2 Å². The molecule has 0 unspecified atom stereocenters. The van der Waals surface area contributed by atoms with Crippen LogP contribution in [0, 0.1) is 17.8 Å². The van der Waals surface area contributed by atoms with Gasteiger partial charge in [0.2, 0.25) is 17.7 Å². The van der Waals surface area contributed by atoms with Crippen molar-refractivity contribution < 1.29 is 23.9 Å². The van der Waals surface area contributed by atoms with Gasteiger partial charge in [-0.15, -0.1) is 0 Å². The molecule has 0 saturated carbocycles. The number of imide groups is 1. The first kappa shape index (κ1) is 22.3. The van der Waals surface area contributed by atoms with Gasteiger partial charge in [0.1, 0.15) is 5.75 Å². The van der Waals surface area contributed by atoms with Gasteiger partial charge in [0, 0.05) is 19.0 Å². The third-order valence-electron chi connectivity index (χ3n) is 6.72. The van der Waals surface area contributed by atoms with Crippen LogP contribution in [0.4, 0.5) is 11.4 Å². The van der Waals surface area contributed by atoms with Crippen molar-refractivity contribution >= 4 is 46.7 Å². The highest BCUT2D eigenvalue weighted by molar-refractivity contribution is 6.34. The fourth-order valence-corrected chi connectivity index (χ4v) is 5.18. The minimum absolute atomic E-state index is 0.0164. The number of benzene rings is 2. The molecule has 0 spiro atoms. The van der Waals surface area contributed by atoms with E-state index < -0.39 is 11.9 Å². The molecule has 3 atom stereocenters. The fraction of sp³-hybridized carbons (Fsp3) is 0.308. The number of fused-ring (bicyclic) bond motifs is 1. The number of esters is 1. The summed E-state index contributed by atoms with van der Waals surface area (Å²) < 4.78 is 5.56. The van der Waals surface area contributed by atoms with Crippen molar-refractivity contribution in [1.82, 2.24) is 0 Å². The van der Waals surface area contributed by atoms with Crippen LogP contribution in [0.3, 0.4) is 0 Å². The molecule has 174 valence electrons. The van der Waals surface area contributed by atoms with Gasteiger partial charge in [-0.3, -0.25) is 19.2 Å². The van der Waals surface area contributed by atoms with Crippen LogP contribution in [0.15, 0.2) is 60.2 Å². The number of allylic oxidation sites excluding steroid dienone is 2. The van der Waals surface area contributed by atoms with Gasteiger partial charge < -0.3 is 9.64 Å². The molecule has 2 saturated heterocycles. The second kappa shape index (κ2) is 8.72. The molecule has 34 heavy (non-hydrogen) atoms. The summed E-state index contributed by atoms with van der Waals surface area (Å²) in [5.74, 6) is -2.32. The third kappa shape index (κ3) is 3.90. The van der Waals surface area contributed by atoms with Crippen LogP contribution >= 0.6 is 11.6 Å². The Morgan fingerprint density at radius 3 is 2.56 bits per heavy atom. The number of halogens is 1. The van der Waals surface area contributed by atoms with Crippen LogP contribution in [0.2, 0.25) is 5.02 Å². The molecule has 2 aliphatic heterocycles. The summed E-state index contributed by atoms with van der Waals surface area (Å²) in [5.41, 5.74) is 2.06. The van der Waals surface area contributed by atoms with Gasteiger partial charge in [-0.05, 0) is 44.0 Å². The molecule has 2 aromatic rings. The van der Waals surface area contributed by atoms with Crippen molar-refractivity contribution in [1.29, 1.82) is 0 Å². The number of anilines is 2. The zero-order valence-corrected chi connectivity index (χ0v) is 19.3. The molecule has 2 fully saturated rings. The van der Waals surface area contributed by atoms with Crippen molar-refractivity contribution in [2.45, 2.75) is 26.2 Å². The Balaban J connectivity index is 1.30. The number of hydrogen-bond donors (Lipinski definition) is 0. The molecule has 3 amide bonds. The van der Waals surface area contributed by atoms with E-state index in [1.54, 1.807) is 42.5 Å². The lowest BCUT2D eigenvalue weighted by atomic mass is 9.82.